The molecule has 0 aliphatic carbocycles. The van der Waals surface area contributed by atoms with E-state index in [1.807, 2.05) is 21.8 Å². The second kappa shape index (κ2) is 12.1. The van der Waals surface area contributed by atoms with Crippen LogP contribution in [0.5, 0.6) is 5.75 Å². The molecule has 3 heterocycles. The van der Waals surface area contributed by atoms with Gasteiger partial charge in [-0.15, -0.1) is 0 Å². The van der Waals surface area contributed by atoms with E-state index in [2.05, 4.69) is 57.2 Å². The summed E-state index contributed by atoms with van der Waals surface area (Å²) in [6.07, 6.45) is 7.00. The van der Waals surface area contributed by atoms with Crippen LogP contribution < -0.4 is 4.43 Å². The number of nitrogens with zero attached hydrogens (tertiary/aromatic N) is 4. The molecule has 1 atom stereocenters. The van der Waals surface area contributed by atoms with Crippen LogP contribution in [0.25, 0.3) is 22.2 Å². The van der Waals surface area contributed by atoms with Crippen molar-refractivity contribution in [3.63, 3.8) is 0 Å². The molecule has 1 N–H and O–H groups in total. The number of benzene rings is 1. The second-order valence-corrected chi connectivity index (χ2v) is 15.8. The summed E-state index contributed by atoms with van der Waals surface area (Å²) in [7, 11) is -1.98. The van der Waals surface area contributed by atoms with Gasteiger partial charge in [-0.2, -0.15) is 10.2 Å². The Morgan fingerprint density at radius 2 is 1.89 bits per heavy atom. The first kappa shape index (κ1) is 27.8. The lowest BCUT2D eigenvalue weighted by Crippen LogP contribution is -2.43. The summed E-state index contributed by atoms with van der Waals surface area (Å²) in [6.45, 7) is 14.5. The zero-order valence-electron chi connectivity index (χ0n) is 22.9. The highest BCUT2D eigenvalue weighted by Gasteiger charge is 2.39. The van der Waals surface area contributed by atoms with Crippen LogP contribution >= 0.6 is 0 Å². The van der Waals surface area contributed by atoms with Gasteiger partial charge in [0.1, 0.15) is 11.4 Å². The van der Waals surface area contributed by atoms with E-state index in [4.69, 9.17) is 28.8 Å². The normalized spacial score (nSPS) is 17.0. The Morgan fingerprint density at radius 3 is 2.59 bits per heavy atom. The minimum Gasteiger partial charge on any atom is -0.543 e. The third-order valence-corrected chi connectivity index (χ3v) is 11.6. The second-order valence-electron chi connectivity index (χ2n) is 11.1. The summed E-state index contributed by atoms with van der Waals surface area (Å²) in [4.78, 5) is 0. The highest BCUT2D eigenvalue weighted by atomic mass is 28.4. The summed E-state index contributed by atoms with van der Waals surface area (Å²) < 4.78 is 27.5. The van der Waals surface area contributed by atoms with Crippen molar-refractivity contribution in [1.82, 2.24) is 19.6 Å². The molecule has 2 aromatic heterocycles. The topological polar surface area (TPSA) is 92.8 Å². The minimum atomic E-state index is -1.98. The van der Waals surface area contributed by atoms with E-state index in [0.29, 0.717) is 33.0 Å². The van der Waals surface area contributed by atoms with E-state index in [9.17, 15) is 0 Å². The van der Waals surface area contributed by atoms with Gasteiger partial charge >= 0.3 is 0 Å². The Labute approximate surface area is 220 Å². The van der Waals surface area contributed by atoms with Gasteiger partial charge in [0.25, 0.3) is 0 Å². The van der Waals surface area contributed by atoms with Crippen molar-refractivity contribution in [1.29, 1.82) is 0 Å². The molecule has 1 unspecified atom stereocenters. The van der Waals surface area contributed by atoms with Gasteiger partial charge in [0.15, 0.2) is 6.23 Å². The number of aliphatic hydroxyl groups is 1. The Morgan fingerprint density at radius 1 is 1.11 bits per heavy atom. The Hall–Kier alpha value is -2.24. The summed E-state index contributed by atoms with van der Waals surface area (Å²) in [5, 5.41) is 19.5. The van der Waals surface area contributed by atoms with Crippen LogP contribution in [0.2, 0.25) is 18.1 Å². The molecule has 0 spiro atoms. The fraction of sp³-hybridized carbons (Fsp3) is 0.630. The van der Waals surface area contributed by atoms with Gasteiger partial charge < -0.3 is 23.7 Å². The zero-order valence-corrected chi connectivity index (χ0v) is 23.9. The van der Waals surface area contributed by atoms with E-state index in [1.54, 1.807) is 0 Å². The van der Waals surface area contributed by atoms with Crippen molar-refractivity contribution in [2.45, 2.75) is 70.9 Å². The Kier molecular flexibility index (Phi) is 9.07. The fourth-order valence-corrected chi connectivity index (χ4v) is 5.16. The molecule has 1 saturated heterocycles. The summed E-state index contributed by atoms with van der Waals surface area (Å²) in [5.74, 6) is 0.883. The van der Waals surface area contributed by atoms with Crippen molar-refractivity contribution in [2.24, 2.45) is 0 Å². The summed E-state index contributed by atoms with van der Waals surface area (Å²) in [5.41, 5.74) is 2.88. The predicted molar refractivity (Wildman–Crippen MR) is 146 cm³/mol. The smallest absolute Gasteiger partial charge is 0.250 e. The third kappa shape index (κ3) is 6.80. The first-order chi connectivity index (χ1) is 17.7. The summed E-state index contributed by atoms with van der Waals surface area (Å²) in [6, 6.07) is 6.31. The van der Waals surface area contributed by atoms with Gasteiger partial charge in [0.2, 0.25) is 8.32 Å². The number of hydrogen-bond acceptors (Lipinski definition) is 7. The maximum absolute atomic E-state index is 8.76. The number of aliphatic hydroxyl groups excluding tert-OH is 1. The molecule has 204 valence electrons. The van der Waals surface area contributed by atoms with Crippen molar-refractivity contribution in [3.8, 4) is 17.0 Å². The van der Waals surface area contributed by atoms with Crippen LogP contribution in [0.1, 0.15) is 46.3 Å². The van der Waals surface area contributed by atoms with Gasteiger partial charge in [0.05, 0.1) is 51.3 Å². The molecule has 1 fully saturated rings. The maximum atomic E-state index is 8.76. The van der Waals surface area contributed by atoms with E-state index in [1.165, 1.54) is 0 Å². The Bertz CT molecular complexity index is 1150. The van der Waals surface area contributed by atoms with Gasteiger partial charge in [0, 0.05) is 23.8 Å². The van der Waals surface area contributed by atoms with Crippen LogP contribution in [0.3, 0.4) is 0 Å². The van der Waals surface area contributed by atoms with Gasteiger partial charge in [-0.25, -0.2) is 4.68 Å². The minimum absolute atomic E-state index is 0.0251. The number of hydrogen-bond donors (Lipinski definition) is 1. The molecular weight excluding hydrogens is 488 g/mol. The number of ether oxygens (including phenoxy) is 3. The van der Waals surface area contributed by atoms with Gasteiger partial charge in [-0.1, -0.05) is 20.8 Å². The lowest BCUT2D eigenvalue weighted by Gasteiger charge is -2.36. The van der Waals surface area contributed by atoms with E-state index in [0.717, 1.165) is 53.8 Å². The number of fused-ring (bicyclic) bond motifs is 1. The number of aromatic nitrogens is 4. The van der Waals surface area contributed by atoms with Crippen LogP contribution in [0.4, 0.5) is 0 Å². The molecule has 9 nitrogen and oxygen atoms in total. The standard InChI is InChI=1S/C27H42N4O5Si/c1-27(2,3)37(4,5)36-22-9-10-24-23(18-22)26(29-31(24)25-8-6-7-13-35-25)21-19-28-30(20-21)11-14-33-16-17-34-15-12-32/h9-10,18-20,25,32H,6-8,11-17H2,1-5H3. The number of rotatable bonds is 12. The third-order valence-electron chi connectivity index (χ3n) is 7.26. The van der Waals surface area contributed by atoms with E-state index >= 15 is 0 Å². The first-order valence-corrected chi connectivity index (χ1v) is 16.2. The highest BCUT2D eigenvalue weighted by Crippen LogP contribution is 2.39. The molecular formula is C27H42N4O5Si. The van der Waals surface area contributed by atoms with Crippen molar-refractivity contribution in [3.05, 3.63) is 30.6 Å². The molecule has 1 aromatic carbocycles. The monoisotopic (exact) mass is 530 g/mol. The molecule has 0 amide bonds. The van der Waals surface area contributed by atoms with Crippen LogP contribution in [-0.4, -0.2) is 72.6 Å². The molecule has 4 rings (SSSR count). The fourth-order valence-electron chi connectivity index (χ4n) is 4.13. The predicted octanol–water partition coefficient (Wildman–Crippen LogP) is 5.01. The van der Waals surface area contributed by atoms with Crippen molar-refractivity contribution < 1.29 is 23.7 Å². The average Bonchev–Trinajstić information content (AvgIpc) is 3.47. The van der Waals surface area contributed by atoms with E-state index < -0.39 is 8.32 Å². The maximum Gasteiger partial charge on any atom is 0.250 e. The lowest BCUT2D eigenvalue weighted by molar-refractivity contribution is -0.0365. The first-order valence-electron chi connectivity index (χ1n) is 13.3. The van der Waals surface area contributed by atoms with Crippen LogP contribution in [0.15, 0.2) is 30.6 Å². The van der Waals surface area contributed by atoms with Crippen molar-refractivity contribution in [2.75, 3.05) is 39.6 Å². The molecule has 37 heavy (non-hydrogen) atoms. The van der Waals surface area contributed by atoms with Crippen LogP contribution in [-0.2, 0) is 20.8 Å². The molecule has 3 aromatic rings. The average molecular weight is 531 g/mol. The molecule has 0 radical (unpaired) electrons. The molecule has 1 aliphatic rings. The molecule has 10 heteroatoms. The SMILES string of the molecule is CC(C)(C)[Si](C)(C)Oc1ccc2c(c1)c(-c1cnn(CCOCCOCCO)c1)nn2C1CCCCO1. The van der Waals surface area contributed by atoms with Crippen molar-refractivity contribution >= 4 is 19.2 Å². The van der Waals surface area contributed by atoms with Crippen LogP contribution in [0, 0.1) is 0 Å². The highest BCUT2D eigenvalue weighted by molar-refractivity contribution is 6.74. The van der Waals surface area contributed by atoms with E-state index in [-0.39, 0.29) is 17.9 Å². The van der Waals surface area contributed by atoms with Gasteiger partial charge in [-0.3, -0.25) is 4.68 Å². The Balaban J connectivity index is 1.57. The summed E-state index contributed by atoms with van der Waals surface area (Å²) >= 11 is 0. The van der Waals surface area contributed by atoms with Gasteiger partial charge in [-0.05, 0) is 55.6 Å². The quantitative estimate of drug-likeness (QED) is 0.260. The molecule has 1 aliphatic heterocycles. The largest absolute Gasteiger partial charge is 0.543 e. The lowest BCUT2D eigenvalue weighted by atomic mass is 10.1. The zero-order chi connectivity index (χ0) is 26.5. The molecule has 0 saturated carbocycles. The molecule has 0 bridgehead atoms.